The summed E-state index contributed by atoms with van der Waals surface area (Å²) >= 11 is 0. The smallest absolute Gasteiger partial charge is 0.338 e. The van der Waals surface area contributed by atoms with Crippen molar-refractivity contribution < 1.29 is 9.53 Å². The van der Waals surface area contributed by atoms with Crippen molar-refractivity contribution >= 4 is 29.8 Å². The van der Waals surface area contributed by atoms with Gasteiger partial charge in [0.2, 0.25) is 0 Å². The highest BCUT2D eigenvalue weighted by molar-refractivity contribution is 7.79. The summed E-state index contributed by atoms with van der Waals surface area (Å²) in [6, 6.07) is 28.8. The van der Waals surface area contributed by atoms with Gasteiger partial charge in [-0.3, -0.25) is 0 Å². The van der Waals surface area contributed by atoms with E-state index in [0.29, 0.717) is 5.56 Å². The normalized spacial score (nSPS) is 11.4. The molecule has 2 nitrogen and oxygen atoms in total. The quantitative estimate of drug-likeness (QED) is 0.333. The van der Waals surface area contributed by atoms with Crippen LogP contribution in [0.4, 0.5) is 0 Å². The minimum atomic E-state index is -0.666. The van der Waals surface area contributed by atoms with Crippen LogP contribution in [0.1, 0.15) is 17.3 Å². The predicted octanol–water partition coefficient (Wildman–Crippen LogP) is 4.73. The van der Waals surface area contributed by atoms with Gasteiger partial charge in [0.1, 0.15) is 6.61 Å². The molecule has 3 heteroatoms. The van der Waals surface area contributed by atoms with E-state index in [1.165, 1.54) is 15.9 Å². The fraction of sp³-hybridized carbons (Fsp3) is 0.0800. The molecule has 0 saturated carbocycles. The molecule has 0 heterocycles. The summed E-state index contributed by atoms with van der Waals surface area (Å²) in [5, 5.41) is 3.78. The summed E-state index contributed by atoms with van der Waals surface area (Å²) in [6.45, 7) is 2.21. The zero-order chi connectivity index (χ0) is 19.6. The molecule has 0 aliphatic rings. The van der Waals surface area contributed by atoms with E-state index in [0.717, 1.165) is 0 Å². The second kappa shape index (κ2) is 10.4. The summed E-state index contributed by atoms with van der Waals surface area (Å²) in [5.41, 5.74) is 0.569. The van der Waals surface area contributed by atoms with Crippen LogP contribution < -0.4 is 15.9 Å². The predicted molar refractivity (Wildman–Crippen MR) is 119 cm³/mol. The van der Waals surface area contributed by atoms with Crippen molar-refractivity contribution in [3.05, 3.63) is 115 Å². The SMILES string of the molecule is C/C=C/C=C/COC(=O)c1ccc(P(c2ccccc2)c2ccccc2)cc1. The molecule has 0 aliphatic carbocycles. The van der Waals surface area contributed by atoms with Gasteiger partial charge in [0, 0.05) is 0 Å². The number of esters is 1. The molecule has 0 unspecified atom stereocenters. The van der Waals surface area contributed by atoms with E-state index in [4.69, 9.17) is 4.74 Å². The Balaban J connectivity index is 1.80. The third-order valence-corrected chi connectivity index (χ3v) is 6.58. The van der Waals surface area contributed by atoms with Crippen LogP contribution in [-0.4, -0.2) is 12.6 Å². The van der Waals surface area contributed by atoms with Gasteiger partial charge in [0.15, 0.2) is 0 Å². The van der Waals surface area contributed by atoms with Crippen molar-refractivity contribution in [3.63, 3.8) is 0 Å². The van der Waals surface area contributed by atoms with E-state index in [2.05, 4.69) is 48.5 Å². The number of carbonyl (C=O) groups is 1. The van der Waals surface area contributed by atoms with Gasteiger partial charge in [0.25, 0.3) is 0 Å². The number of carbonyl (C=O) groups excluding carboxylic acids is 1. The van der Waals surface area contributed by atoms with Crippen molar-refractivity contribution in [2.75, 3.05) is 6.61 Å². The van der Waals surface area contributed by atoms with Crippen molar-refractivity contribution in [1.29, 1.82) is 0 Å². The number of rotatable bonds is 7. The number of hydrogen-bond donors (Lipinski definition) is 0. The highest BCUT2D eigenvalue weighted by atomic mass is 31.1. The molecule has 3 rings (SSSR count). The molecule has 0 aromatic heterocycles. The fourth-order valence-corrected chi connectivity index (χ4v) is 5.08. The first-order chi connectivity index (χ1) is 13.8. The van der Waals surface area contributed by atoms with Crippen molar-refractivity contribution in [1.82, 2.24) is 0 Å². The monoisotopic (exact) mass is 386 g/mol. The van der Waals surface area contributed by atoms with E-state index in [-0.39, 0.29) is 12.6 Å². The Morgan fingerprint density at radius 2 is 1.32 bits per heavy atom. The molecule has 0 amide bonds. The largest absolute Gasteiger partial charge is 0.458 e. The van der Waals surface area contributed by atoms with Crippen molar-refractivity contribution in [3.8, 4) is 0 Å². The van der Waals surface area contributed by atoms with Crippen LogP contribution in [0.15, 0.2) is 109 Å². The van der Waals surface area contributed by atoms with Crippen LogP contribution in [0.25, 0.3) is 0 Å². The Bertz CT molecular complexity index is 890. The van der Waals surface area contributed by atoms with Crippen LogP contribution in [-0.2, 0) is 4.74 Å². The van der Waals surface area contributed by atoms with E-state index in [9.17, 15) is 4.79 Å². The minimum absolute atomic E-state index is 0.270. The van der Waals surface area contributed by atoms with Crippen LogP contribution in [0.3, 0.4) is 0 Å². The van der Waals surface area contributed by atoms with Gasteiger partial charge >= 0.3 is 5.97 Å². The first-order valence-electron chi connectivity index (χ1n) is 9.25. The van der Waals surface area contributed by atoms with Gasteiger partial charge in [0.05, 0.1) is 5.56 Å². The van der Waals surface area contributed by atoms with E-state index >= 15 is 0 Å². The average Bonchev–Trinajstić information content (AvgIpc) is 2.76. The summed E-state index contributed by atoms with van der Waals surface area (Å²) < 4.78 is 5.29. The van der Waals surface area contributed by atoms with E-state index < -0.39 is 7.92 Å². The number of ether oxygens (including phenoxy) is 1. The lowest BCUT2D eigenvalue weighted by Gasteiger charge is -2.19. The van der Waals surface area contributed by atoms with Gasteiger partial charge in [-0.15, -0.1) is 0 Å². The lowest BCUT2D eigenvalue weighted by molar-refractivity contribution is 0.0549. The molecule has 28 heavy (non-hydrogen) atoms. The minimum Gasteiger partial charge on any atom is -0.458 e. The molecule has 0 radical (unpaired) electrons. The summed E-state index contributed by atoms with van der Waals surface area (Å²) in [7, 11) is -0.666. The first kappa shape index (κ1) is 19.8. The molecule has 0 atom stereocenters. The molecule has 0 bridgehead atoms. The molecule has 3 aromatic carbocycles. The van der Waals surface area contributed by atoms with Gasteiger partial charge in [-0.2, -0.15) is 0 Å². The van der Waals surface area contributed by atoms with Gasteiger partial charge in [-0.1, -0.05) is 91.0 Å². The van der Waals surface area contributed by atoms with Crippen LogP contribution >= 0.6 is 7.92 Å². The molecule has 0 N–H and O–H groups in total. The average molecular weight is 386 g/mol. The van der Waals surface area contributed by atoms with E-state index in [1.807, 2.05) is 67.6 Å². The van der Waals surface area contributed by atoms with Gasteiger partial charge in [-0.25, -0.2) is 4.79 Å². The Labute approximate surface area is 167 Å². The zero-order valence-electron chi connectivity index (χ0n) is 15.9. The topological polar surface area (TPSA) is 26.3 Å². The number of hydrogen-bond acceptors (Lipinski definition) is 2. The fourth-order valence-electron chi connectivity index (χ4n) is 2.80. The zero-order valence-corrected chi connectivity index (χ0v) is 16.8. The Morgan fingerprint density at radius 3 is 1.86 bits per heavy atom. The highest BCUT2D eigenvalue weighted by Gasteiger charge is 2.16. The van der Waals surface area contributed by atoms with Crippen molar-refractivity contribution in [2.45, 2.75) is 6.92 Å². The maximum Gasteiger partial charge on any atom is 0.338 e. The maximum atomic E-state index is 12.2. The second-order valence-corrected chi connectivity index (χ2v) is 8.33. The maximum absolute atomic E-state index is 12.2. The molecule has 0 aliphatic heterocycles. The van der Waals surface area contributed by atoms with Crippen LogP contribution in [0, 0.1) is 0 Å². The van der Waals surface area contributed by atoms with Crippen LogP contribution in [0.2, 0.25) is 0 Å². The van der Waals surface area contributed by atoms with Gasteiger partial charge in [-0.05, 0) is 49.0 Å². The van der Waals surface area contributed by atoms with Crippen LogP contribution in [0.5, 0.6) is 0 Å². The third kappa shape index (κ3) is 5.28. The molecule has 0 fully saturated rings. The molecular formula is C25H23O2P. The lowest BCUT2D eigenvalue weighted by atomic mass is 10.2. The number of allylic oxidation sites excluding steroid dienone is 3. The number of benzene rings is 3. The molecule has 0 spiro atoms. The van der Waals surface area contributed by atoms with E-state index in [1.54, 1.807) is 0 Å². The molecular weight excluding hydrogens is 363 g/mol. The Kier molecular flexibility index (Phi) is 7.35. The lowest BCUT2D eigenvalue weighted by Crippen LogP contribution is -2.20. The molecule has 0 saturated heterocycles. The standard InChI is InChI=1S/C25H23O2P/c1-2-3-4-11-20-27-25(26)21-16-18-24(19-17-21)28(22-12-7-5-8-13-22)23-14-9-6-10-15-23/h2-19H,20H2,1H3/b3-2+,11-4+. The first-order valence-corrected chi connectivity index (χ1v) is 10.6. The Hall–Kier alpha value is -2.96. The summed E-state index contributed by atoms with van der Waals surface area (Å²) in [4.78, 5) is 12.2. The van der Waals surface area contributed by atoms with Crippen molar-refractivity contribution in [2.24, 2.45) is 0 Å². The second-order valence-electron chi connectivity index (χ2n) is 6.11. The third-order valence-electron chi connectivity index (χ3n) is 4.14. The van der Waals surface area contributed by atoms with Gasteiger partial charge < -0.3 is 4.74 Å². The summed E-state index contributed by atoms with van der Waals surface area (Å²) in [5.74, 6) is -0.305. The molecule has 140 valence electrons. The molecule has 3 aromatic rings. The Morgan fingerprint density at radius 1 is 0.786 bits per heavy atom. The highest BCUT2D eigenvalue weighted by Crippen LogP contribution is 2.32. The summed E-state index contributed by atoms with van der Waals surface area (Å²) in [6.07, 6.45) is 7.51.